The first kappa shape index (κ1) is 15.6. The van der Waals surface area contributed by atoms with Crippen molar-refractivity contribution >= 4 is 32.2 Å². The van der Waals surface area contributed by atoms with E-state index in [1.807, 2.05) is 0 Å². The van der Waals surface area contributed by atoms with Crippen molar-refractivity contribution in [3.8, 4) is 0 Å². The SMILES string of the molecule is Cl.Cl.[CH3][Zr]([CH3])[SiH3]. The molecule has 0 atom stereocenters. The maximum absolute atomic E-state index is 2.43. The standard InChI is InChI=1S/2CH3.2ClH.H3Si.Zr/h2*1H3;2*1H;1H3;. The van der Waals surface area contributed by atoms with Gasteiger partial charge in [0.2, 0.25) is 0 Å². The molecule has 0 nitrogen and oxygen atoms in total. The van der Waals surface area contributed by atoms with Crippen LogP contribution in [0.4, 0.5) is 0 Å². The number of halogens is 2. The zero-order chi connectivity index (χ0) is 3.58. The first-order chi connectivity index (χ1) is 1.73. The van der Waals surface area contributed by atoms with Crippen molar-refractivity contribution in [2.45, 2.75) is 9.26 Å². The van der Waals surface area contributed by atoms with Crippen molar-refractivity contribution in [3.63, 3.8) is 0 Å². The van der Waals surface area contributed by atoms with Gasteiger partial charge in [-0.25, -0.2) is 0 Å². The fourth-order valence-corrected chi connectivity index (χ4v) is 0. The molecule has 0 saturated carbocycles. The van der Waals surface area contributed by atoms with Crippen LogP contribution in [0.25, 0.3) is 0 Å². The summed E-state index contributed by atoms with van der Waals surface area (Å²) in [5.74, 6) is 0. The normalized spacial score (nSPS) is 5.00. The molecule has 0 rings (SSSR count). The van der Waals surface area contributed by atoms with Gasteiger partial charge in [0.05, 0.1) is 0 Å². The summed E-state index contributed by atoms with van der Waals surface area (Å²) in [4.78, 5) is 0. The fourth-order valence-electron chi connectivity index (χ4n) is 0. The summed E-state index contributed by atoms with van der Waals surface area (Å²) in [7, 11) is 1.55. The van der Waals surface area contributed by atoms with Crippen LogP contribution in [0.2, 0.25) is 9.26 Å². The molecule has 0 bridgehead atoms. The van der Waals surface area contributed by atoms with E-state index in [9.17, 15) is 0 Å². The van der Waals surface area contributed by atoms with E-state index in [0.717, 1.165) is 0 Å². The van der Waals surface area contributed by atoms with Crippen LogP contribution in [-0.2, 0) is 20.9 Å². The molecule has 0 N–H and O–H groups in total. The predicted octanol–water partition coefficient (Wildman–Crippen LogP) is 0.825. The second kappa shape index (κ2) is 9.84. The van der Waals surface area contributed by atoms with Gasteiger partial charge in [-0.2, -0.15) is 0 Å². The van der Waals surface area contributed by atoms with Crippen LogP contribution in [-0.4, -0.2) is 7.37 Å². The third-order valence-electron chi connectivity index (χ3n) is 0. The third kappa shape index (κ3) is 44.1. The van der Waals surface area contributed by atoms with Gasteiger partial charge in [0.25, 0.3) is 0 Å². The summed E-state index contributed by atoms with van der Waals surface area (Å²) >= 11 is -0.404. The Bertz CT molecular complexity index is 16.3. The van der Waals surface area contributed by atoms with Gasteiger partial charge in [-0.05, 0) is 0 Å². The maximum atomic E-state index is 2.43. The number of hydrogen-bond donors (Lipinski definition) is 0. The van der Waals surface area contributed by atoms with Gasteiger partial charge in [-0.15, -0.1) is 24.8 Å². The Morgan fingerprint density at radius 3 is 1.17 bits per heavy atom. The summed E-state index contributed by atoms with van der Waals surface area (Å²) in [6, 6.07) is 0. The van der Waals surface area contributed by atoms with Crippen LogP contribution in [0.5, 0.6) is 0 Å². The van der Waals surface area contributed by atoms with E-state index in [1.54, 1.807) is 7.37 Å². The molecule has 0 unspecified atom stereocenters. The predicted molar refractivity (Wildman–Crippen MR) is 36.2 cm³/mol. The van der Waals surface area contributed by atoms with Crippen molar-refractivity contribution in [3.05, 3.63) is 0 Å². The van der Waals surface area contributed by atoms with Gasteiger partial charge < -0.3 is 0 Å². The minimum atomic E-state index is -0.404. The van der Waals surface area contributed by atoms with Crippen LogP contribution in [0.1, 0.15) is 0 Å². The number of hydrogen-bond acceptors (Lipinski definition) is 0. The Morgan fingerprint density at radius 2 is 1.17 bits per heavy atom. The topological polar surface area (TPSA) is 0 Å². The molecule has 0 spiro atoms. The molecule has 0 aromatic carbocycles. The van der Waals surface area contributed by atoms with Crippen LogP contribution in [0, 0.1) is 0 Å². The van der Waals surface area contributed by atoms with Crippen LogP contribution < -0.4 is 0 Å². The van der Waals surface area contributed by atoms with Gasteiger partial charge in [-0.3, -0.25) is 0 Å². The quantitative estimate of drug-likeness (QED) is 0.536. The van der Waals surface area contributed by atoms with E-state index < -0.39 is 20.9 Å². The summed E-state index contributed by atoms with van der Waals surface area (Å²) in [5, 5.41) is 0. The molecule has 6 heavy (non-hydrogen) atoms. The summed E-state index contributed by atoms with van der Waals surface area (Å²) in [5.41, 5.74) is 0. The molecule has 0 radical (unpaired) electrons. The molecule has 4 heteroatoms. The van der Waals surface area contributed by atoms with Crippen molar-refractivity contribution in [1.29, 1.82) is 0 Å². The second-order valence-electron chi connectivity index (χ2n) is 1.50. The van der Waals surface area contributed by atoms with E-state index in [4.69, 9.17) is 0 Å². The first-order valence-corrected chi connectivity index (χ1v) is 14.8. The van der Waals surface area contributed by atoms with Gasteiger partial charge in [-0.1, -0.05) is 0 Å². The van der Waals surface area contributed by atoms with E-state index in [-0.39, 0.29) is 24.8 Å². The molecule has 0 aromatic heterocycles. The average molecular weight is 225 g/mol. The monoisotopic (exact) mass is 223 g/mol. The molecule has 41 valence electrons. The van der Waals surface area contributed by atoms with Gasteiger partial charge in [0.1, 0.15) is 0 Å². The first-order valence-electron chi connectivity index (χ1n) is 1.50. The summed E-state index contributed by atoms with van der Waals surface area (Å²) < 4.78 is 4.85. The van der Waals surface area contributed by atoms with E-state index >= 15 is 0 Å². The van der Waals surface area contributed by atoms with Gasteiger partial charge in [0, 0.05) is 0 Å². The Labute approximate surface area is 62.0 Å². The molecule has 0 aromatic rings. The third-order valence-corrected chi connectivity index (χ3v) is 0. The molecular formula is C2H11Cl2SiZr. The minimum absolute atomic E-state index is 0. The van der Waals surface area contributed by atoms with Crippen molar-refractivity contribution < 1.29 is 20.9 Å². The number of rotatable bonds is 0. The Kier molecular flexibility index (Phi) is 25.7. The Hall–Kier alpha value is 1.68. The van der Waals surface area contributed by atoms with E-state index in [0.29, 0.717) is 0 Å². The molecule has 0 heterocycles. The molecule has 0 aliphatic carbocycles. The molecule has 0 aliphatic heterocycles. The van der Waals surface area contributed by atoms with E-state index in [1.165, 1.54) is 0 Å². The van der Waals surface area contributed by atoms with Crippen molar-refractivity contribution in [1.82, 2.24) is 0 Å². The van der Waals surface area contributed by atoms with Crippen LogP contribution >= 0.6 is 24.8 Å². The Morgan fingerprint density at radius 1 is 1.17 bits per heavy atom. The zero-order valence-electron chi connectivity index (χ0n) is 4.32. The van der Waals surface area contributed by atoms with E-state index in [2.05, 4.69) is 9.26 Å². The molecule has 0 aliphatic rings. The molecular weight excluding hydrogens is 214 g/mol. The summed E-state index contributed by atoms with van der Waals surface area (Å²) in [6.07, 6.45) is 0. The Balaban J connectivity index is -0.0000000450. The van der Waals surface area contributed by atoms with Gasteiger partial charge in [0.15, 0.2) is 0 Å². The summed E-state index contributed by atoms with van der Waals surface area (Å²) in [6.45, 7) is 0. The fraction of sp³-hybridized carbons (Fsp3) is 1.00. The second-order valence-corrected chi connectivity index (χ2v) is 20.7. The molecule has 0 amide bonds. The van der Waals surface area contributed by atoms with Crippen LogP contribution in [0.15, 0.2) is 0 Å². The average Bonchev–Trinajstić information content (AvgIpc) is 0.811. The van der Waals surface area contributed by atoms with Crippen molar-refractivity contribution in [2.75, 3.05) is 0 Å². The zero-order valence-corrected chi connectivity index (χ0v) is 10.4. The van der Waals surface area contributed by atoms with Crippen LogP contribution in [0.3, 0.4) is 0 Å². The molecule has 0 saturated heterocycles. The van der Waals surface area contributed by atoms with Gasteiger partial charge >= 0.3 is 37.5 Å². The molecule has 0 fully saturated rings. The van der Waals surface area contributed by atoms with Crippen molar-refractivity contribution in [2.24, 2.45) is 0 Å².